The Bertz CT molecular complexity index is 2110. The van der Waals surface area contributed by atoms with E-state index < -0.39 is 0 Å². The molecule has 0 spiro atoms. The average Bonchev–Trinajstić information content (AvgIpc) is 3.51. The molecule has 0 amide bonds. The van der Waals surface area contributed by atoms with Crippen LogP contribution in [0.5, 0.6) is 0 Å². The smallest absolute Gasteiger partial charge is 0.0641 e. The highest BCUT2D eigenvalue weighted by Gasteiger charge is 2.21. The monoisotopic (exact) mass is 484 g/mol. The van der Waals surface area contributed by atoms with Crippen LogP contribution in [0.1, 0.15) is 0 Å². The van der Waals surface area contributed by atoms with E-state index in [1.54, 1.807) is 0 Å². The fourth-order valence-corrected chi connectivity index (χ4v) is 6.14. The van der Waals surface area contributed by atoms with Gasteiger partial charge >= 0.3 is 0 Å². The summed E-state index contributed by atoms with van der Waals surface area (Å²) in [4.78, 5) is 0. The molecule has 0 fully saturated rings. The summed E-state index contributed by atoms with van der Waals surface area (Å²) >= 11 is 0. The first kappa shape index (κ1) is 21.0. The van der Waals surface area contributed by atoms with Gasteiger partial charge in [0.05, 0.1) is 27.8 Å². The molecule has 2 aromatic heterocycles. The lowest BCUT2D eigenvalue weighted by molar-refractivity contribution is 1.17. The minimum Gasteiger partial charge on any atom is -0.309 e. The van der Waals surface area contributed by atoms with Crippen molar-refractivity contribution in [2.24, 2.45) is 0 Å². The van der Waals surface area contributed by atoms with E-state index in [9.17, 15) is 0 Å². The average molecular weight is 485 g/mol. The zero-order chi connectivity index (χ0) is 25.1. The normalized spacial score (nSPS) is 11.7. The van der Waals surface area contributed by atoms with Crippen LogP contribution in [0, 0.1) is 0 Å². The maximum Gasteiger partial charge on any atom is 0.0641 e. The Morgan fingerprint density at radius 3 is 1.76 bits per heavy atom. The van der Waals surface area contributed by atoms with Crippen molar-refractivity contribution in [3.8, 4) is 22.5 Å². The Morgan fingerprint density at radius 1 is 0.368 bits per heavy atom. The van der Waals surface area contributed by atoms with Gasteiger partial charge in [-0.15, -0.1) is 0 Å². The van der Waals surface area contributed by atoms with Gasteiger partial charge in [-0.25, -0.2) is 0 Å². The minimum atomic E-state index is 1.17. The van der Waals surface area contributed by atoms with E-state index in [0.717, 1.165) is 0 Å². The van der Waals surface area contributed by atoms with Gasteiger partial charge in [0.25, 0.3) is 0 Å². The van der Waals surface area contributed by atoms with Gasteiger partial charge in [-0.05, 0) is 42.0 Å². The van der Waals surface area contributed by atoms with Gasteiger partial charge < -0.3 is 9.13 Å². The summed E-state index contributed by atoms with van der Waals surface area (Å²) in [5, 5.41) is 5.08. The topological polar surface area (TPSA) is 9.86 Å². The summed E-state index contributed by atoms with van der Waals surface area (Å²) in [6.07, 6.45) is 0. The van der Waals surface area contributed by atoms with Crippen LogP contribution in [0.15, 0.2) is 146 Å². The van der Waals surface area contributed by atoms with Crippen molar-refractivity contribution in [3.05, 3.63) is 146 Å². The summed E-state index contributed by atoms with van der Waals surface area (Å²) < 4.78 is 4.88. The summed E-state index contributed by atoms with van der Waals surface area (Å²) in [5.74, 6) is 0. The van der Waals surface area contributed by atoms with Crippen molar-refractivity contribution in [2.45, 2.75) is 0 Å². The minimum absolute atomic E-state index is 1.17. The molecule has 6 aromatic carbocycles. The molecule has 2 heteroatoms. The molecule has 0 aliphatic heterocycles. The SMILES string of the molecule is c1ccc(-c2ccccc2-n2c3ccccc3c3ccc4c(c5ccccc5n4-c4ccccc4)c32)cc1. The van der Waals surface area contributed by atoms with E-state index in [1.807, 2.05) is 0 Å². The van der Waals surface area contributed by atoms with Crippen molar-refractivity contribution in [3.63, 3.8) is 0 Å². The highest BCUT2D eigenvalue weighted by molar-refractivity contribution is 6.26. The second kappa shape index (κ2) is 8.22. The molecule has 0 unspecified atom stereocenters. The molecule has 0 radical (unpaired) electrons. The Kier molecular flexibility index (Phi) is 4.55. The molecule has 0 saturated heterocycles. The molecule has 0 saturated carbocycles. The second-order valence-electron chi connectivity index (χ2n) is 9.78. The number of fused-ring (bicyclic) bond motifs is 7. The van der Waals surface area contributed by atoms with Gasteiger partial charge in [-0.1, -0.05) is 109 Å². The van der Waals surface area contributed by atoms with E-state index in [2.05, 4.69) is 155 Å². The Labute approximate surface area is 220 Å². The van der Waals surface area contributed by atoms with Crippen LogP contribution >= 0.6 is 0 Å². The molecule has 0 N–H and O–H groups in total. The van der Waals surface area contributed by atoms with Gasteiger partial charge in [0, 0.05) is 32.8 Å². The number of nitrogens with zero attached hydrogens (tertiary/aromatic N) is 2. The van der Waals surface area contributed by atoms with Crippen LogP contribution < -0.4 is 0 Å². The molecular weight excluding hydrogens is 460 g/mol. The highest BCUT2D eigenvalue weighted by Crippen LogP contribution is 2.43. The van der Waals surface area contributed by atoms with Crippen molar-refractivity contribution < 1.29 is 0 Å². The van der Waals surface area contributed by atoms with E-state index in [-0.39, 0.29) is 0 Å². The zero-order valence-corrected chi connectivity index (χ0v) is 20.8. The van der Waals surface area contributed by atoms with E-state index in [0.29, 0.717) is 0 Å². The van der Waals surface area contributed by atoms with E-state index in [4.69, 9.17) is 0 Å². The fraction of sp³-hybridized carbons (Fsp3) is 0. The molecule has 8 aromatic rings. The Hall–Kier alpha value is -5.08. The third-order valence-corrected chi connectivity index (χ3v) is 7.71. The molecule has 0 atom stereocenters. The first-order valence-corrected chi connectivity index (χ1v) is 13.1. The number of rotatable bonds is 3. The number of benzene rings is 6. The van der Waals surface area contributed by atoms with Crippen LogP contribution in [-0.2, 0) is 0 Å². The standard InChI is InChI=1S/C36H24N2/c1-3-13-25(14-4-1)27-17-7-10-20-31(27)38-32-21-11-8-18-28(32)29-23-24-34-35(36(29)38)30-19-9-12-22-33(30)37(34)26-15-5-2-6-16-26/h1-24H. The van der Waals surface area contributed by atoms with Crippen LogP contribution in [0.4, 0.5) is 0 Å². The molecule has 8 rings (SSSR count). The molecular formula is C36H24N2. The Balaban J connectivity index is 1.60. The van der Waals surface area contributed by atoms with Gasteiger partial charge in [0.2, 0.25) is 0 Å². The number of para-hydroxylation sites is 4. The third-order valence-electron chi connectivity index (χ3n) is 7.71. The predicted molar refractivity (Wildman–Crippen MR) is 161 cm³/mol. The third kappa shape index (κ3) is 2.95. The van der Waals surface area contributed by atoms with Crippen molar-refractivity contribution in [1.29, 1.82) is 0 Å². The maximum absolute atomic E-state index is 2.48. The summed E-state index contributed by atoms with van der Waals surface area (Å²) in [6, 6.07) is 52.3. The Morgan fingerprint density at radius 2 is 0.974 bits per heavy atom. The highest BCUT2D eigenvalue weighted by atomic mass is 15.0. The van der Waals surface area contributed by atoms with Crippen LogP contribution in [0.2, 0.25) is 0 Å². The molecule has 0 aliphatic carbocycles. The number of hydrogen-bond donors (Lipinski definition) is 0. The molecule has 0 bridgehead atoms. The van der Waals surface area contributed by atoms with Crippen LogP contribution in [0.3, 0.4) is 0 Å². The van der Waals surface area contributed by atoms with Crippen molar-refractivity contribution in [1.82, 2.24) is 9.13 Å². The molecule has 2 nitrogen and oxygen atoms in total. The first-order valence-electron chi connectivity index (χ1n) is 13.1. The number of aromatic nitrogens is 2. The van der Waals surface area contributed by atoms with Crippen LogP contribution in [-0.4, -0.2) is 9.13 Å². The zero-order valence-electron chi connectivity index (χ0n) is 20.8. The molecule has 178 valence electrons. The lowest BCUT2D eigenvalue weighted by Crippen LogP contribution is -1.97. The van der Waals surface area contributed by atoms with Crippen LogP contribution in [0.25, 0.3) is 66.1 Å². The quantitative estimate of drug-likeness (QED) is 0.236. The van der Waals surface area contributed by atoms with Crippen molar-refractivity contribution >= 4 is 43.6 Å². The van der Waals surface area contributed by atoms with Gasteiger partial charge in [-0.2, -0.15) is 0 Å². The van der Waals surface area contributed by atoms with Gasteiger partial charge in [0.15, 0.2) is 0 Å². The summed E-state index contributed by atoms with van der Waals surface area (Å²) in [7, 11) is 0. The predicted octanol–water partition coefficient (Wildman–Crippen LogP) is 9.55. The summed E-state index contributed by atoms with van der Waals surface area (Å²) in [6.45, 7) is 0. The van der Waals surface area contributed by atoms with E-state index in [1.165, 1.54) is 66.1 Å². The number of hydrogen-bond acceptors (Lipinski definition) is 0. The van der Waals surface area contributed by atoms with Gasteiger partial charge in [0.1, 0.15) is 0 Å². The maximum atomic E-state index is 2.48. The largest absolute Gasteiger partial charge is 0.309 e. The van der Waals surface area contributed by atoms with E-state index >= 15 is 0 Å². The molecule has 0 aliphatic rings. The fourth-order valence-electron chi connectivity index (χ4n) is 6.14. The molecule has 2 heterocycles. The second-order valence-corrected chi connectivity index (χ2v) is 9.78. The summed E-state index contributed by atoms with van der Waals surface area (Å²) in [5.41, 5.74) is 9.69. The molecule has 38 heavy (non-hydrogen) atoms. The lowest BCUT2D eigenvalue weighted by atomic mass is 10.0. The lowest BCUT2D eigenvalue weighted by Gasteiger charge is -2.14. The van der Waals surface area contributed by atoms with Gasteiger partial charge in [-0.3, -0.25) is 0 Å². The first-order chi connectivity index (χ1) is 18.9. The van der Waals surface area contributed by atoms with Crippen molar-refractivity contribution in [2.75, 3.05) is 0 Å².